The summed E-state index contributed by atoms with van der Waals surface area (Å²) in [4.78, 5) is 12.8. The Hall–Kier alpha value is -2.79. The van der Waals surface area contributed by atoms with Crippen molar-refractivity contribution in [3.63, 3.8) is 0 Å². The topological polar surface area (TPSA) is 59.0 Å². The Labute approximate surface area is 176 Å². The number of rotatable bonds is 6. The third kappa shape index (κ3) is 4.46. The number of aromatic nitrogens is 2. The lowest BCUT2D eigenvalue weighted by Crippen LogP contribution is -2.13. The first-order chi connectivity index (χ1) is 14.1. The molecule has 0 bridgehead atoms. The summed E-state index contributed by atoms with van der Waals surface area (Å²) in [6.07, 6.45) is 5.33. The van der Waals surface area contributed by atoms with Gasteiger partial charge in [-0.15, -0.1) is 0 Å². The Morgan fingerprint density at radius 2 is 1.72 bits per heavy atom. The van der Waals surface area contributed by atoms with Crippen LogP contribution in [-0.2, 0) is 0 Å². The van der Waals surface area contributed by atoms with Crippen molar-refractivity contribution < 1.29 is 4.79 Å². The van der Waals surface area contributed by atoms with Crippen LogP contribution in [0.3, 0.4) is 0 Å². The molecule has 0 radical (unpaired) electrons. The van der Waals surface area contributed by atoms with E-state index in [4.69, 9.17) is 11.6 Å². The largest absolute Gasteiger partial charge is 0.385 e. The summed E-state index contributed by atoms with van der Waals surface area (Å²) in [5, 5.41) is 11.2. The minimum Gasteiger partial charge on any atom is -0.385 e. The fourth-order valence-electron chi connectivity index (χ4n) is 3.84. The summed E-state index contributed by atoms with van der Waals surface area (Å²) >= 11 is 6.48. The SMILES string of the molecule is Cc1nn(-c2ccccc2)c(Cl)c1C(=O)Nc1ccc(NCC2CCCC2)cc1. The van der Waals surface area contributed by atoms with Crippen LogP contribution in [0.1, 0.15) is 41.7 Å². The molecule has 1 saturated carbocycles. The fraction of sp³-hybridized carbons (Fsp3) is 0.304. The molecule has 1 aliphatic rings. The first kappa shape index (κ1) is 19.5. The van der Waals surface area contributed by atoms with Crippen LogP contribution < -0.4 is 10.6 Å². The van der Waals surface area contributed by atoms with Gasteiger partial charge in [0.25, 0.3) is 5.91 Å². The lowest BCUT2D eigenvalue weighted by molar-refractivity contribution is 0.102. The van der Waals surface area contributed by atoms with Gasteiger partial charge in [-0.25, -0.2) is 4.68 Å². The van der Waals surface area contributed by atoms with Gasteiger partial charge in [0.15, 0.2) is 0 Å². The molecule has 0 atom stereocenters. The number of aryl methyl sites for hydroxylation is 1. The van der Waals surface area contributed by atoms with E-state index < -0.39 is 0 Å². The Morgan fingerprint density at radius 1 is 1.07 bits per heavy atom. The minimum absolute atomic E-state index is 0.263. The zero-order valence-electron chi connectivity index (χ0n) is 16.5. The normalized spacial score (nSPS) is 14.1. The number of para-hydroxylation sites is 1. The lowest BCUT2D eigenvalue weighted by Gasteiger charge is -2.12. The Morgan fingerprint density at radius 3 is 2.41 bits per heavy atom. The van der Waals surface area contributed by atoms with E-state index in [9.17, 15) is 4.79 Å². The van der Waals surface area contributed by atoms with Gasteiger partial charge in [0.1, 0.15) is 10.7 Å². The van der Waals surface area contributed by atoms with Crippen molar-refractivity contribution in [3.05, 3.63) is 71.0 Å². The number of benzene rings is 2. The molecular weight excluding hydrogens is 384 g/mol. The van der Waals surface area contributed by atoms with Crippen LogP contribution in [0.15, 0.2) is 54.6 Å². The molecule has 5 nitrogen and oxygen atoms in total. The molecule has 0 saturated heterocycles. The lowest BCUT2D eigenvalue weighted by atomic mass is 10.1. The third-order valence-corrected chi connectivity index (χ3v) is 5.79. The van der Waals surface area contributed by atoms with E-state index in [1.807, 2.05) is 54.6 Å². The first-order valence-electron chi connectivity index (χ1n) is 10.1. The van der Waals surface area contributed by atoms with E-state index in [0.29, 0.717) is 16.4 Å². The number of nitrogens with one attached hydrogen (secondary N) is 2. The Kier molecular flexibility index (Phi) is 5.86. The molecule has 0 unspecified atom stereocenters. The Bertz CT molecular complexity index is 976. The highest BCUT2D eigenvalue weighted by molar-refractivity contribution is 6.34. The van der Waals surface area contributed by atoms with E-state index in [-0.39, 0.29) is 5.91 Å². The van der Waals surface area contributed by atoms with Crippen molar-refractivity contribution in [2.75, 3.05) is 17.2 Å². The zero-order chi connectivity index (χ0) is 20.2. The number of hydrogen-bond acceptors (Lipinski definition) is 3. The predicted molar refractivity (Wildman–Crippen MR) is 118 cm³/mol. The molecule has 1 amide bonds. The smallest absolute Gasteiger partial charge is 0.260 e. The maximum atomic E-state index is 12.8. The quantitative estimate of drug-likeness (QED) is 0.550. The van der Waals surface area contributed by atoms with E-state index in [0.717, 1.165) is 29.5 Å². The summed E-state index contributed by atoms with van der Waals surface area (Å²) in [5.74, 6) is 0.516. The van der Waals surface area contributed by atoms with Crippen LogP contribution >= 0.6 is 11.6 Å². The number of nitrogens with zero attached hydrogens (tertiary/aromatic N) is 2. The standard InChI is InChI=1S/C23H25ClN4O/c1-16-21(22(24)28(27-16)20-9-3-2-4-10-20)23(29)26-19-13-11-18(12-14-19)25-15-17-7-5-6-8-17/h2-4,9-14,17,25H,5-8,15H2,1H3,(H,26,29). The van der Waals surface area contributed by atoms with Crippen molar-refractivity contribution in [2.45, 2.75) is 32.6 Å². The highest BCUT2D eigenvalue weighted by Gasteiger charge is 2.21. The molecule has 150 valence electrons. The van der Waals surface area contributed by atoms with E-state index >= 15 is 0 Å². The molecule has 1 fully saturated rings. The second kappa shape index (κ2) is 8.70. The summed E-state index contributed by atoms with van der Waals surface area (Å²) in [7, 11) is 0. The molecule has 3 aromatic rings. The van der Waals surface area contributed by atoms with E-state index in [1.165, 1.54) is 25.7 Å². The maximum Gasteiger partial charge on any atom is 0.260 e. The molecular formula is C23H25ClN4O. The molecule has 0 aliphatic heterocycles. The highest BCUT2D eigenvalue weighted by Crippen LogP contribution is 2.26. The number of carbonyl (C=O) groups excluding carboxylic acids is 1. The van der Waals surface area contributed by atoms with Crippen molar-refractivity contribution in [1.29, 1.82) is 0 Å². The highest BCUT2D eigenvalue weighted by atomic mass is 35.5. The molecule has 2 N–H and O–H groups in total. The average molecular weight is 409 g/mol. The first-order valence-corrected chi connectivity index (χ1v) is 10.5. The average Bonchev–Trinajstić information content (AvgIpc) is 3.35. The number of amides is 1. The Balaban J connectivity index is 1.43. The molecule has 2 aromatic carbocycles. The van der Waals surface area contributed by atoms with E-state index in [2.05, 4.69) is 15.7 Å². The van der Waals surface area contributed by atoms with Gasteiger partial charge in [-0.05, 0) is 62.1 Å². The zero-order valence-corrected chi connectivity index (χ0v) is 17.2. The van der Waals surface area contributed by atoms with Crippen molar-refractivity contribution >= 4 is 28.9 Å². The van der Waals surface area contributed by atoms with Gasteiger partial charge in [-0.3, -0.25) is 4.79 Å². The molecule has 1 heterocycles. The molecule has 4 rings (SSSR count). The van der Waals surface area contributed by atoms with Gasteiger partial charge in [0, 0.05) is 17.9 Å². The maximum absolute atomic E-state index is 12.8. The molecule has 6 heteroatoms. The van der Waals surface area contributed by atoms with Gasteiger partial charge < -0.3 is 10.6 Å². The molecule has 29 heavy (non-hydrogen) atoms. The van der Waals surface area contributed by atoms with Gasteiger partial charge in [0.05, 0.1) is 11.4 Å². The second-order valence-corrected chi connectivity index (χ2v) is 7.92. The summed E-state index contributed by atoms with van der Waals surface area (Å²) < 4.78 is 1.59. The summed E-state index contributed by atoms with van der Waals surface area (Å²) in [6, 6.07) is 17.3. The number of carbonyl (C=O) groups is 1. The van der Waals surface area contributed by atoms with Gasteiger partial charge in [-0.1, -0.05) is 42.6 Å². The van der Waals surface area contributed by atoms with Crippen LogP contribution in [0.4, 0.5) is 11.4 Å². The summed E-state index contributed by atoms with van der Waals surface area (Å²) in [5.41, 5.74) is 3.59. The molecule has 1 aliphatic carbocycles. The number of anilines is 2. The van der Waals surface area contributed by atoms with Gasteiger partial charge in [0.2, 0.25) is 0 Å². The van der Waals surface area contributed by atoms with Crippen LogP contribution in [0.2, 0.25) is 5.15 Å². The van der Waals surface area contributed by atoms with Crippen LogP contribution in [0, 0.1) is 12.8 Å². The minimum atomic E-state index is -0.263. The second-order valence-electron chi connectivity index (χ2n) is 7.56. The van der Waals surface area contributed by atoms with Gasteiger partial charge >= 0.3 is 0 Å². The monoisotopic (exact) mass is 408 g/mol. The molecule has 1 aromatic heterocycles. The number of halogens is 1. The fourth-order valence-corrected chi connectivity index (χ4v) is 4.20. The van der Waals surface area contributed by atoms with Crippen LogP contribution in [0.25, 0.3) is 5.69 Å². The van der Waals surface area contributed by atoms with Crippen molar-refractivity contribution in [3.8, 4) is 5.69 Å². The summed E-state index contributed by atoms with van der Waals surface area (Å²) in [6.45, 7) is 2.80. The molecule has 0 spiro atoms. The van der Waals surface area contributed by atoms with Crippen molar-refractivity contribution in [1.82, 2.24) is 9.78 Å². The van der Waals surface area contributed by atoms with Crippen molar-refractivity contribution in [2.24, 2.45) is 5.92 Å². The van der Waals surface area contributed by atoms with Crippen LogP contribution in [-0.4, -0.2) is 22.2 Å². The number of hydrogen-bond donors (Lipinski definition) is 2. The van der Waals surface area contributed by atoms with E-state index in [1.54, 1.807) is 11.6 Å². The van der Waals surface area contributed by atoms with Gasteiger partial charge in [-0.2, -0.15) is 5.10 Å². The van der Waals surface area contributed by atoms with Crippen LogP contribution in [0.5, 0.6) is 0 Å². The predicted octanol–water partition coefficient (Wildman–Crippen LogP) is 5.69. The third-order valence-electron chi connectivity index (χ3n) is 5.44.